The van der Waals surface area contributed by atoms with Gasteiger partial charge in [-0.15, -0.1) is 0 Å². The summed E-state index contributed by atoms with van der Waals surface area (Å²) in [7, 11) is 1.55. The van der Waals surface area contributed by atoms with Gasteiger partial charge >= 0.3 is 0 Å². The van der Waals surface area contributed by atoms with Crippen LogP contribution in [0.3, 0.4) is 0 Å². The maximum atomic E-state index is 13.1. The third kappa shape index (κ3) is 5.23. The van der Waals surface area contributed by atoms with Gasteiger partial charge in [-0.1, -0.05) is 0 Å². The molecule has 0 fully saturated rings. The molecule has 19 heavy (non-hydrogen) atoms. The Morgan fingerprint density at radius 2 is 2.26 bits per heavy atom. The van der Waals surface area contributed by atoms with Gasteiger partial charge in [-0.2, -0.15) is 0 Å². The van der Waals surface area contributed by atoms with E-state index in [2.05, 4.69) is 5.32 Å². The summed E-state index contributed by atoms with van der Waals surface area (Å²) < 4.78 is 23.3. The Kier molecular flexibility index (Phi) is 6.24. The predicted molar refractivity (Wildman–Crippen MR) is 69.4 cm³/mol. The Balaban J connectivity index is 2.55. The van der Waals surface area contributed by atoms with Gasteiger partial charge in [0.05, 0.1) is 6.61 Å². The van der Waals surface area contributed by atoms with Crippen LogP contribution in [0.15, 0.2) is 18.2 Å². The standard InChI is InChI=1S/C13H19FN2O3/c1-9(15)11-7-10(14)3-4-12(11)19-8-13(17)16-5-6-18-2/h3-4,7,9H,5-6,8,15H2,1-2H3,(H,16,17)/t9-/m1/s1. The highest BCUT2D eigenvalue weighted by molar-refractivity contribution is 5.77. The number of carbonyl (C=O) groups excluding carboxylic acids is 1. The van der Waals surface area contributed by atoms with E-state index in [9.17, 15) is 9.18 Å². The summed E-state index contributed by atoms with van der Waals surface area (Å²) in [5.41, 5.74) is 6.26. The lowest BCUT2D eigenvalue weighted by atomic mass is 10.1. The molecule has 0 saturated heterocycles. The minimum Gasteiger partial charge on any atom is -0.483 e. The topological polar surface area (TPSA) is 73.6 Å². The number of benzene rings is 1. The van der Waals surface area contributed by atoms with Gasteiger partial charge in [0.15, 0.2) is 6.61 Å². The normalized spacial score (nSPS) is 12.0. The van der Waals surface area contributed by atoms with Gasteiger partial charge in [-0.05, 0) is 25.1 Å². The quantitative estimate of drug-likeness (QED) is 0.725. The molecule has 0 unspecified atom stereocenters. The Morgan fingerprint density at radius 1 is 1.53 bits per heavy atom. The van der Waals surface area contributed by atoms with Crippen LogP contribution in [0.25, 0.3) is 0 Å². The highest BCUT2D eigenvalue weighted by Gasteiger charge is 2.11. The molecule has 1 aromatic carbocycles. The van der Waals surface area contributed by atoms with Crippen LogP contribution in [0, 0.1) is 5.82 Å². The van der Waals surface area contributed by atoms with Crippen molar-refractivity contribution in [1.82, 2.24) is 5.32 Å². The van der Waals surface area contributed by atoms with Crippen molar-refractivity contribution in [2.24, 2.45) is 5.73 Å². The zero-order valence-electron chi connectivity index (χ0n) is 11.1. The summed E-state index contributed by atoms with van der Waals surface area (Å²) in [5.74, 6) is -0.237. The van der Waals surface area contributed by atoms with E-state index in [1.807, 2.05) is 0 Å². The maximum Gasteiger partial charge on any atom is 0.258 e. The molecular formula is C13H19FN2O3. The third-order valence-corrected chi connectivity index (χ3v) is 2.45. The average Bonchev–Trinajstić information content (AvgIpc) is 2.37. The van der Waals surface area contributed by atoms with Crippen molar-refractivity contribution < 1.29 is 18.7 Å². The third-order valence-electron chi connectivity index (χ3n) is 2.45. The van der Waals surface area contributed by atoms with Crippen molar-refractivity contribution >= 4 is 5.91 Å². The van der Waals surface area contributed by atoms with E-state index in [1.54, 1.807) is 14.0 Å². The molecule has 0 spiro atoms. The van der Waals surface area contributed by atoms with Crippen LogP contribution in [0.4, 0.5) is 4.39 Å². The molecule has 0 heterocycles. The van der Waals surface area contributed by atoms with Crippen LogP contribution in [0.2, 0.25) is 0 Å². The molecule has 0 aliphatic heterocycles. The van der Waals surface area contributed by atoms with Crippen LogP contribution in [0.5, 0.6) is 5.75 Å². The van der Waals surface area contributed by atoms with Gasteiger partial charge in [-0.3, -0.25) is 4.79 Å². The van der Waals surface area contributed by atoms with Gasteiger partial charge in [0.25, 0.3) is 5.91 Å². The summed E-state index contributed by atoms with van der Waals surface area (Å²) >= 11 is 0. The van der Waals surface area contributed by atoms with Crippen molar-refractivity contribution in [3.8, 4) is 5.75 Å². The van der Waals surface area contributed by atoms with Crippen LogP contribution in [-0.2, 0) is 9.53 Å². The first-order valence-electron chi connectivity index (χ1n) is 5.98. The van der Waals surface area contributed by atoms with E-state index in [0.717, 1.165) is 0 Å². The lowest BCUT2D eigenvalue weighted by Gasteiger charge is -2.14. The molecule has 1 amide bonds. The maximum absolute atomic E-state index is 13.1. The predicted octanol–water partition coefficient (Wildman–Crippen LogP) is 0.987. The Hall–Kier alpha value is -1.66. The molecule has 0 aromatic heterocycles. The number of hydrogen-bond donors (Lipinski definition) is 2. The van der Waals surface area contributed by atoms with Crippen molar-refractivity contribution in [2.75, 3.05) is 26.9 Å². The molecule has 5 nitrogen and oxygen atoms in total. The second kappa shape index (κ2) is 7.70. The number of hydrogen-bond acceptors (Lipinski definition) is 4. The van der Waals surface area contributed by atoms with Crippen LogP contribution in [0.1, 0.15) is 18.5 Å². The summed E-state index contributed by atoms with van der Waals surface area (Å²) in [6.45, 7) is 2.44. The van der Waals surface area contributed by atoms with E-state index in [-0.39, 0.29) is 24.4 Å². The van der Waals surface area contributed by atoms with E-state index < -0.39 is 0 Å². The molecule has 106 valence electrons. The molecule has 3 N–H and O–H groups in total. The second-order valence-electron chi connectivity index (χ2n) is 4.10. The average molecular weight is 270 g/mol. The van der Waals surface area contributed by atoms with Crippen molar-refractivity contribution in [2.45, 2.75) is 13.0 Å². The van der Waals surface area contributed by atoms with E-state index >= 15 is 0 Å². The van der Waals surface area contributed by atoms with Crippen molar-refractivity contribution in [3.63, 3.8) is 0 Å². The van der Waals surface area contributed by atoms with Crippen molar-refractivity contribution in [3.05, 3.63) is 29.6 Å². The Labute approximate surface area is 111 Å². The number of carbonyl (C=O) groups is 1. The fraction of sp³-hybridized carbons (Fsp3) is 0.462. The number of nitrogens with one attached hydrogen (secondary N) is 1. The Bertz CT molecular complexity index is 424. The van der Waals surface area contributed by atoms with E-state index in [4.69, 9.17) is 15.2 Å². The zero-order valence-corrected chi connectivity index (χ0v) is 11.1. The van der Waals surface area contributed by atoms with Gasteiger partial charge in [0.2, 0.25) is 0 Å². The lowest BCUT2D eigenvalue weighted by molar-refractivity contribution is -0.123. The van der Waals surface area contributed by atoms with E-state index in [0.29, 0.717) is 24.5 Å². The fourth-order valence-corrected chi connectivity index (χ4v) is 1.49. The molecule has 0 aliphatic carbocycles. The highest BCUT2D eigenvalue weighted by Crippen LogP contribution is 2.24. The number of nitrogens with two attached hydrogens (primary N) is 1. The fourth-order valence-electron chi connectivity index (χ4n) is 1.49. The van der Waals surface area contributed by atoms with Crippen molar-refractivity contribution in [1.29, 1.82) is 0 Å². The number of ether oxygens (including phenoxy) is 2. The lowest BCUT2D eigenvalue weighted by Crippen LogP contribution is -2.31. The molecule has 0 radical (unpaired) electrons. The first-order chi connectivity index (χ1) is 9.04. The zero-order chi connectivity index (χ0) is 14.3. The van der Waals surface area contributed by atoms with Gasteiger partial charge < -0.3 is 20.5 Å². The van der Waals surface area contributed by atoms with Gasteiger partial charge in [-0.25, -0.2) is 4.39 Å². The summed E-state index contributed by atoms with van der Waals surface area (Å²) in [6, 6.07) is 3.67. The molecule has 0 aliphatic rings. The largest absolute Gasteiger partial charge is 0.483 e. The summed E-state index contributed by atoms with van der Waals surface area (Å²) in [6.07, 6.45) is 0. The minimum atomic E-state index is -0.385. The molecule has 1 atom stereocenters. The number of amides is 1. The molecule has 0 saturated carbocycles. The van der Waals surface area contributed by atoms with Crippen LogP contribution < -0.4 is 15.8 Å². The first kappa shape index (κ1) is 15.4. The SMILES string of the molecule is COCCNC(=O)COc1ccc(F)cc1[C@@H](C)N. The first-order valence-corrected chi connectivity index (χ1v) is 5.98. The Morgan fingerprint density at radius 3 is 2.89 bits per heavy atom. The van der Waals surface area contributed by atoms with Gasteiger partial charge in [0.1, 0.15) is 11.6 Å². The molecule has 0 bridgehead atoms. The van der Waals surface area contributed by atoms with Gasteiger partial charge in [0, 0.05) is 25.3 Å². The monoisotopic (exact) mass is 270 g/mol. The van der Waals surface area contributed by atoms with E-state index in [1.165, 1.54) is 18.2 Å². The molecule has 1 aromatic rings. The van der Waals surface area contributed by atoms with Crippen LogP contribution in [-0.4, -0.2) is 32.8 Å². The molecular weight excluding hydrogens is 251 g/mol. The number of halogens is 1. The summed E-state index contributed by atoms with van der Waals surface area (Å²) in [5, 5.41) is 2.62. The second-order valence-corrected chi connectivity index (χ2v) is 4.10. The molecule has 6 heteroatoms. The number of methoxy groups -OCH3 is 1. The van der Waals surface area contributed by atoms with Crippen LogP contribution >= 0.6 is 0 Å². The highest BCUT2D eigenvalue weighted by atomic mass is 19.1. The number of rotatable bonds is 7. The minimum absolute atomic E-state index is 0.144. The molecule has 1 rings (SSSR count). The smallest absolute Gasteiger partial charge is 0.258 e. The summed E-state index contributed by atoms with van der Waals surface area (Å²) in [4.78, 5) is 11.4.